The Morgan fingerprint density at radius 1 is 1.47 bits per heavy atom. The van der Waals surface area contributed by atoms with Crippen LogP contribution in [-0.4, -0.2) is 30.4 Å². The summed E-state index contributed by atoms with van der Waals surface area (Å²) < 4.78 is 14.5. The van der Waals surface area contributed by atoms with Crippen LogP contribution in [0.1, 0.15) is 17.2 Å². The van der Waals surface area contributed by atoms with Crippen LogP contribution in [0, 0.1) is 5.82 Å². The van der Waals surface area contributed by atoms with Gasteiger partial charge in [0.05, 0.1) is 17.1 Å². The lowest BCUT2D eigenvalue weighted by Gasteiger charge is -2.40. The second-order valence-corrected chi connectivity index (χ2v) is 5.27. The predicted octanol–water partition coefficient (Wildman–Crippen LogP) is 1.62. The third-order valence-electron chi connectivity index (χ3n) is 3.50. The first-order valence-electron chi connectivity index (χ1n) is 5.65. The second kappa shape index (κ2) is 4.07. The molecule has 1 atom stereocenters. The average Bonchev–Trinajstić information content (AvgIpc) is 2.34. The van der Waals surface area contributed by atoms with E-state index in [9.17, 15) is 9.18 Å². The lowest BCUT2D eigenvalue weighted by molar-refractivity contribution is -0.135. The molecule has 0 radical (unpaired) electrons. The number of amides is 1. The van der Waals surface area contributed by atoms with E-state index in [1.54, 1.807) is 6.07 Å². The first kappa shape index (κ1) is 11.2. The van der Waals surface area contributed by atoms with Gasteiger partial charge in [0.15, 0.2) is 0 Å². The van der Waals surface area contributed by atoms with Gasteiger partial charge in [-0.15, -0.1) is 0 Å². The molecule has 5 heteroatoms. The van der Waals surface area contributed by atoms with Crippen molar-refractivity contribution in [3.63, 3.8) is 0 Å². The van der Waals surface area contributed by atoms with Crippen LogP contribution in [0.5, 0.6) is 0 Å². The Kier molecular flexibility index (Phi) is 2.67. The van der Waals surface area contributed by atoms with E-state index in [-0.39, 0.29) is 17.8 Å². The third-order valence-corrected chi connectivity index (χ3v) is 4.12. The van der Waals surface area contributed by atoms with E-state index in [1.807, 2.05) is 11.0 Å². The first-order chi connectivity index (χ1) is 8.18. The van der Waals surface area contributed by atoms with E-state index in [1.165, 1.54) is 0 Å². The normalized spacial score (nSPS) is 23.3. The highest BCUT2D eigenvalue weighted by atomic mass is 79.9. The van der Waals surface area contributed by atoms with Crippen molar-refractivity contribution < 1.29 is 9.18 Å². The van der Waals surface area contributed by atoms with Crippen molar-refractivity contribution in [1.29, 1.82) is 0 Å². The van der Waals surface area contributed by atoms with Crippen molar-refractivity contribution in [3.8, 4) is 0 Å². The molecule has 0 bridgehead atoms. The zero-order valence-corrected chi connectivity index (χ0v) is 10.8. The molecule has 1 fully saturated rings. The molecule has 1 aromatic carbocycles. The SMILES string of the molecule is O=C1CNC[C@@H]2c3ccc(Br)c(F)c3CCN12. The van der Waals surface area contributed by atoms with Gasteiger partial charge in [0.1, 0.15) is 5.82 Å². The number of hydrogen-bond acceptors (Lipinski definition) is 2. The quantitative estimate of drug-likeness (QED) is 0.789. The zero-order chi connectivity index (χ0) is 12.0. The number of rotatable bonds is 0. The second-order valence-electron chi connectivity index (χ2n) is 4.41. The summed E-state index contributed by atoms with van der Waals surface area (Å²) in [5.74, 6) is -0.0737. The molecule has 1 saturated heterocycles. The van der Waals surface area contributed by atoms with Gasteiger partial charge in [-0.25, -0.2) is 4.39 Å². The number of nitrogens with one attached hydrogen (secondary N) is 1. The van der Waals surface area contributed by atoms with Crippen LogP contribution >= 0.6 is 15.9 Å². The Morgan fingerprint density at radius 3 is 3.12 bits per heavy atom. The molecule has 2 heterocycles. The Labute approximate surface area is 107 Å². The van der Waals surface area contributed by atoms with Crippen molar-refractivity contribution in [1.82, 2.24) is 10.2 Å². The molecule has 0 spiro atoms. The van der Waals surface area contributed by atoms with E-state index in [0.717, 1.165) is 11.1 Å². The van der Waals surface area contributed by atoms with Crippen LogP contribution in [0.4, 0.5) is 4.39 Å². The molecule has 2 aliphatic heterocycles. The minimum absolute atomic E-state index is 0.0115. The number of fused-ring (bicyclic) bond motifs is 3. The lowest BCUT2D eigenvalue weighted by atomic mass is 9.91. The van der Waals surface area contributed by atoms with Gasteiger partial charge in [-0.1, -0.05) is 6.07 Å². The van der Waals surface area contributed by atoms with Gasteiger partial charge in [0, 0.05) is 13.1 Å². The van der Waals surface area contributed by atoms with Crippen LogP contribution in [0.2, 0.25) is 0 Å². The molecule has 0 aliphatic carbocycles. The maximum atomic E-state index is 14.0. The smallest absolute Gasteiger partial charge is 0.237 e. The number of nitrogens with zero attached hydrogens (tertiary/aromatic N) is 1. The molecule has 90 valence electrons. The summed E-state index contributed by atoms with van der Waals surface area (Å²) in [6.45, 7) is 1.72. The van der Waals surface area contributed by atoms with E-state index in [4.69, 9.17) is 0 Å². The van der Waals surface area contributed by atoms with Crippen LogP contribution < -0.4 is 5.32 Å². The average molecular weight is 299 g/mol. The minimum Gasteiger partial charge on any atom is -0.333 e. The summed E-state index contributed by atoms with van der Waals surface area (Å²) in [5.41, 5.74) is 1.69. The molecule has 3 rings (SSSR count). The van der Waals surface area contributed by atoms with Crippen LogP contribution in [0.15, 0.2) is 16.6 Å². The molecule has 0 unspecified atom stereocenters. The van der Waals surface area contributed by atoms with E-state index < -0.39 is 0 Å². The summed E-state index contributed by atoms with van der Waals surface area (Å²) >= 11 is 3.20. The van der Waals surface area contributed by atoms with E-state index >= 15 is 0 Å². The van der Waals surface area contributed by atoms with Gasteiger partial charge in [-0.2, -0.15) is 0 Å². The van der Waals surface area contributed by atoms with Crippen molar-refractivity contribution in [2.24, 2.45) is 0 Å². The lowest BCUT2D eigenvalue weighted by Crippen LogP contribution is -2.52. The van der Waals surface area contributed by atoms with Gasteiger partial charge < -0.3 is 10.2 Å². The van der Waals surface area contributed by atoms with Gasteiger partial charge >= 0.3 is 0 Å². The van der Waals surface area contributed by atoms with Crippen molar-refractivity contribution in [2.45, 2.75) is 12.5 Å². The maximum Gasteiger partial charge on any atom is 0.237 e. The Bertz CT molecular complexity index is 492. The summed E-state index contributed by atoms with van der Waals surface area (Å²) in [7, 11) is 0. The third kappa shape index (κ3) is 1.68. The topological polar surface area (TPSA) is 32.3 Å². The van der Waals surface area contributed by atoms with E-state index in [2.05, 4.69) is 21.2 Å². The molecule has 17 heavy (non-hydrogen) atoms. The maximum absolute atomic E-state index is 14.0. The Balaban J connectivity index is 2.07. The number of carbonyl (C=O) groups excluding carboxylic acids is 1. The number of piperazine rings is 1. The Hall–Kier alpha value is -0.940. The number of halogens is 2. The molecular weight excluding hydrogens is 287 g/mol. The minimum atomic E-state index is -0.180. The summed E-state index contributed by atoms with van der Waals surface area (Å²) in [5, 5.41) is 3.08. The van der Waals surface area contributed by atoms with Crippen LogP contribution in [-0.2, 0) is 11.2 Å². The molecule has 1 N–H and O–H groups in total. The van der Waals surface area contributed by atoms with Gasteiger partial charge in [0.25, 0.3) is 0 Å². The molecule has 3 nitrogen and oxygen atoms in total. The highest BCUT2D eigenvalue weighted by molar-refractivity contribution is 9.10. The molecular formula is C12H12BrFN2O. The van der Waals surface area contributed by atoms with E-state index in [0.29, 0.717) is 30.5 Å². The van der Waals surface area contributed by atoms with Crippen LogP contribution in [0.3, 0.4) is 0 Å². The Morgan fingerprint density at radius 2 is 2.29 bits per heavy atom. The highest BCUT2D eigenvalue weighted by Gasteiger charge is 2.34. The first-order valence-corrected chi connectivity index (χ1v) is 6.44. The van der Waals surface area contributed by atoms with Gasteiger partial charge in [0.2, 0.25) is 5.91 Å². The molecule has 1 aromatic rings. The zero-order valence-electron chi connectivity index (χ0n) is 9.17. The van der Waals surface area contributed by atoms with Crippen molar-refractivity contribution in [2.75, 3.05) is 19.6 Å². The summed E-state index contributed by atoms with van der Waals surface area (Å²) in [4.78, 5) is 13.6. The highest BCUT2D eigenvalue weighted by Crippen LogP contribution is 2.34. The number of benzene rings is 1. The standard InChI is InChI=1S/C12H12BrFN2O/c13-9-2-1-7-8(12(9)14)3-4-16-10(7)5-15-6-11(16)17/h1-2,10,15H,3-6H2/t10-/m1/s1. The van der Waals surface area contributed by atoms with Gasteiger partial charge in [-0.3, -0.25) is 4.79 Å². The fraction of sp³-hybridized carbons (Fsp3) is 0.417. The fourth-order valence-corrected chi connectivity index (χ4v) is 3.04. The number of carbonyl (C=O) groups is 1. The van der Waals surface area contributed by atoms with Gasteiger partial charge in [-0.05, 0) is 39.5 Å². The molecule has 2 aliphatic rings. The fourth-order valence-electron chi connectivity index (χ4n) is 2.67. The molecule has 1 amide bonds. The summed E-state index contributed by atoms with van der Waals surface area (Å²) in [6, 6.07) is 3.62. The molecule has 0 aromatic heterocycles. The van der Waals surface area contributed by atoms with Crippen LogP contribution in [0.25, 0.3) is 0 Å². The number of hydrogen-bond donors (Lipinski definition) is 1. The monoisotopic (exact) mass is 298 g/mol. The summed E-state index contributed by atoms with van der Waals surface area (Å²) in [6.07, 6.45) is 0.600. The largest absolute Gasteiger partial charge is 0.333 e. The predicted molar refractivity (Wildman–Crippen MR) is 65.1 cm³/mol. The molecule has 0 saturated carbocycles. The van der Waals surface area contributed by atoms with Crippen molar-refractivity contribution >= 4 is 21.8 Å². The van der Waals surface area contributed by atoms with Crippen molar-refractivity contribution in [3.05, 3.63) is 33.5 Å².